The summed E-state index contributed by atoms with van der Waals surface area (Å²) in [7, 11) is 1.32. The number of halogens is 2. The maximum Gasteiger partial charge on any atom is 0.248 e. The maximum absolute atomic E-state index is 13.7. The lowest BCUT2D eigenvalue weighted by atomic mass is 10.2. The van der Waals surface area contributed by atoms with Gasteiger partial charge in [0.05, 0.1) is 7.11 Å². The second kappa shape index (κ2) is 5.66. The zero-order valence-corrected chi connectivity index (χ0v) is 11.0. The van der Waals surface area contributed by atoms with Gasteiger partial charge in [-0.15, -0.1) is 0 Å². The van der Waals surface area contributed by atoms with Crippen LogP contribution < -0.4 is 20.9 Å². The summed E-state index contributed by atoms with van der Waals surface area (Å²) in [6.45, 7) is 0. The molecule has 0 aliphatic heterocycles. The van der Waals surface area contributed by atoms with Crippen LogP contribution in [0, 0.1) is 11.6 Å². The molecule has 0 bridgehead atoms. The van der Waals surface area contributed by atoms with E-state index >= 15 is 0 Å². The van der Waals surface area contributed by atoms with Gasteiger partial charge in [-0.2, -0.15) is 0 Å². The Kier molecular flexibility index (Phi) is 3.93. The highest BCUT2D eigenvalue weighted by molar-refractivity contribution is 5.93. The molecule has 110 valence electrons. The van der Waals surface area contributed by atoms with E-state index in [1.165, 1.54) is 25.3 Å². The molecule has 0 spiro atoms. The molecule has 2 aromatic rings. The van der Waals surface area contributed by atoms with Gasteiger partial charge in [0.15, 0.2) is 28.9 Å². The SMILES string of the molecule is COc1cc(C(N)=O)ccc1Oc1c(F)cc(N)cc1F. The summed E-state index contributed by atoms with van der Waals surface area (Å²) in [4.78, 5) is 11.1. The Labute approximate surface area is 119 Å². The van der Waals surface area contributed by atoms with Gasteiger partial charge < -0.3 is 20.9 Å². The molecular weight excluding hydrogens is 282 g/mol. The second-order valence-electron chi connectivity index (χ2n) is 4.15. The number of anilines is 1. The van der Waals surface area contributed by atoms with Crippen molar-refractivity contribution in [1.82, 2.24) is 0 Å². The average Bonchev–Trinajstić information content (AvgIpc) is 2.42. The molecule has 0 saturated heterocycles. The van der Waals surface area contributed by atoms with E-state index in [0.29, 0.717) is 0 Å². The maximum atomic E-state index is 13.7. The third-order valence-corrected chi connectivity index (χ3v) is 2.68. The number of nitrogen functional groups attached to an aromatic ring is 1. The highest BCUT2D eigenvalue weighted by Crippen LogP contribution is 2.35. The van der Waals surface area contributed by atoms with Crippen molar-refractivity contribution in [2.45, 2.75) is 0 Å². The monoisotopic (exact) mass is 294 g/mol. The molecule has 2 rings (SSSR count). The predicted molar refractivity (Wildman–Crippen MR) is 72.4 cm³/mol. The standard InChI is InChI=1S/C14H12F2N2O3/c1-20-12-4-7(14(18)19)2-3-11(12)21-13-9(15)5-8(17)6-10(13)16/h2-6H,17H2,1H3,(H2,18,19). The van der Waals surface area contributed by atoms with Gasteiger partial charge in [-0.05, 0) is 18.2 Å². The number of rotatable bonds is 4. The Balaban J connectivity index is 2.42. The van der Waals surface area contributed by atoms with Gasteiger partial charge in [-0.3, -0.25) is 4.79 Å². The molecule has 0 fully saturated rings. The smallest absolute Gasteiger partial charge is 0.248 e. The van der Waals surface area contributed by atoms with Crippen molar-refractivity contribution in [2.75, 3.05) is 12.8 Å². The van der Waals surface area contributed by atoms with Crippen molar-refractivity contribution >= 4 is 11.6 Å². The van der Waals surface area contributed by atoms with E-state index in [-0.39, 0.29) is 22.7 Å². The van der Waals surface area contributed by atoms with Gasteiger partial charge in [-0.25, -0.2) is 8.78 Å². The van der Waals surface area contributed by atoms with Crippen LogP contribution in [0.4, 0.5) is 14.5 Å². The Bertz CT molecular complexity index is 682. The van der Waals surface area contributed by atoms with Gasteiger partial charge in [0.25, 0.3) is 0 Å². The van der Waals surface area contributed by atoms with E-state index in [1.807, 2.05) is 0 Å². The van der Waals surface area contributed by atoms with E-state index in [4.69, 9.17) is 20.9 Å². The molecule has 7 heteroatoms. The summed E-state index contributed by atoms with van der Waals surface area (Å²) >= 11 is 0. The molecule has 0 saturated carbocycles. The molecule has 0 aromatic heterocycles. The van der Waals surface area contributed by atoms with Gasteiger partial charge in [0, 0.05) is 23.4 Å². The number of primary amides is 1. The lowest BCUT2D eigenvalue weighted by Crippen LogP contribution is -2.11. The van der Waals surface area contributed by atoms with Crippen LogP contribution in [0.5, 0.6) is 17.2 Å². The third-order valence-electron chi connectivity index (χ3n) is 2.68. The predicted octanol–water partition coefficient (Wildman–Crippen LogP) is 2.45. The van der Waals surface area contributed by atoms with Crippen LogP contribution in [0.25, 0.3) is 0 Å². The largest absolute Gasteiger partial charge is 0.493 e. The summed E-state index contributed by atoms with van der Waals surface area (Å²) in [6, 6.07) is 5.86. The minimum absolute atomic E-state index is 0.0325. The fourth-order valence-corrected chi connectivity index (χ4v) is 1.69. The lowest BCUT2D eigenvalue weighted by Gasteiger charge is -2.12. The molecule has 0 atom stereocenters. The van der Waals surface area contributed by atoms with Crippen LogP contribution in [0.2, 0.25) is 0 Å². The Morgan fingerprint density at radius 1 is 1.10 bits per heavy atom. The molecule has 0 aliphatic carbocycles. The van der Waals surface area contributed by atoms with Crippen molar-refractivity contribution in [2.24, 2.45) is 5.73 Å². The van der Waals surface area contributed by atoms with Crippen LogP contribution in [0.15, 0.2) is 30.3 Å². The summed E-state index contributed by atoms with van der Waals surface area (Å²) in [5.41, 5.74) is 10.6. The fraction of sp³-hybridized carbons (Fsp3) is 0.0714. The van der Waals surface area contributed by atoms with Crippen LogP contribution in [-0.4, -0.2) is 13.0 Å². The fourth-order valence-electron chi connectivity index (χ4n) is 1.69. The van der Waals surface area contributed by atoms with Crippen molar-refractivity contribution in [3.63, 3.8) is 0 Å². The minimum atomic E-state index is -0.950. The van der Waals surface area contributed by atoms with E-state index < -0.39 is 23.3 Å². The second-order valence-corrected chi connectivity index (χ2v) is 4.15. The molecule has 0 aliphatic rings. The molecule has 0 unspecified atom stereocenters. The Morgan fingerprint density at radius 3 is 2.24 bits per heavy atom. The molecule has 21 heavy (non-hydrogen) atoms. The zero-order chi connectivity index (χ0) is 15.6. The quantitative estimate of drug-likeness (QED) is 0.848. The number of amides is 1. The molecule has 0 heterocycles. The van der Waals surface area contributed by atoms with Crippen LogP contribution in [0.3, 0.4) is 0 Å². The molecule has 1 amide bonds. The summed E-state index contributed by atoms with van der Waals surface area (Å²) in [6.07, 6.45) is 0. The highest BCUT2D eigenvalue weighted by Gasteiger charge is 2.16. The van der Waals surface area contributed by atoms with Gasteiger partial charge in [0.1, 0.15) is 0 Å². The minimum Gasteiger partial charge on any atom is -0.493 e. The summed E-state index contributed by atoms with van der Waals surface area (Å²) in [5, 5.41) is 0. The van der Waals surface area contributed by atoms with Crippen LogP contribution >= 0.6 is 0 Å². The molecule has 2 aromatic carbocycles. The van der Waals surface area contributed by atoms with Crippen molar-refractivity contribution in [1.29, 1.82) is 0 Å². The van der Waals surface area contributed by atoms with E-state index in [1.54, 1.807) is 0 Å². The number of nitrogens with two attached hydrogens (primary N) is 2. The van der Waals surface area contributed by atoms with Crippen molar-refractivity contribution in [3.8, 4) is 17.2 Å². The topological polar surface area (TPSA) is 87.6 Å². The third kappa shape index (κ3) is 3.02. The van der Waals surface area contributed by atoms with E-state index in [2.05, 4.69) is 0 Å². The Hall–Kier alpha value is -2.83. The summed E-state index contributed by atoms with van der Waals surface area (Å²) < 4.78 is 37.5. The van der Waals surface area contributed by atoms with Gasteiger partial charge >= 0.3 is 0 Å². The van der Waals surface area contributed by atoms with E-state index in [9.17, 15) is 13.6 Å². The first-order chi connectivity index (χ1) is 9.92. The first-order valence-corrected chi connectivity index (χ1v) is 5.82. The highest BCUT2D eigenvalue weighted by atomic mass is 19.1. The van der Waals surface area contributed by atoms with Crippen molar-refractivity contribution < 1.29 is 23.0 Å². The number of carbonyl (C=O) groups excluding carboxylic acids is 1. The molecule has 0 radical (unpaired) electrons. The number of benzene rings is 2. The average molecular weight is 294 g/mol. The number of methoxy groups -OCH3 is 1. The van der Waals surface area contributed by atoms with Crippen LogP contribution in [-0.2, 0) is 0 Å². The van der Waals surface area contributed by atoms with Gasteiger partial charge in [0.2, 0.25) is 5.91 Å². The first kappa shape index (κ1) is 14.6. The molecule has 5 nitrogen and oxygen atoms in total. The zero-order valence-electron chi connectivity index (χ0n) is 11.0. The lowest BCUT2D eigenvalue weighted by molar-refractivity contribution is 0.1000. The van der Waals surface area contributed by atoms with Crippen LogP contribution in [0.1, 0.15) is 10.4 Å². The summed E-state index contributed by atoms with van der Waals surface area (Å²) in [5.74, 6) is -3.03. The number of hydrogen-bond donors (Lipinski definition) is 2. The molecule has 4 N–H and O–H groups in total. The van der Waals surface area contributed by atoms with E-state index in [0.717, 1.165) is 12.1 Å². The number of carbonyl (C=O) groups is 1. The first-order valence-electron chi connectivity index (χ1n) is 5.82. The molecular formula is C14H12F2N2O3. The Morgan fingerprint density at radius 2 is 1.71 bits per heavy atom. The normalized spacial score (nSPS) is 10.2. The number of hydrogen-bond acceptors (Lipinski definition) is 4. The van der Waals surface area contributed by atoms with Gasteiger partial charge in [-0.1, -0.05) is 0 Å². The number of ether oxygens (including phenoxy) is 2. The van der Waals surface area contributed by atoms with Crippen molar-refractivity contribution in [3.05, 3.63) is 47.5 Å².